The summed E-state index contributed by atoms with van der Waals surface area (Å²) in [6.07, 6.45) is 3.43. The Morgan fingerprint density at radius 1 is 1.19 bits per heavy atom. The van der Waals surface area contributed by atoms with Gasteiger partial charge in [0.05, 0.1) is 6.10 Å². The number of hydrogen-bond donors (Lipinski definition) is 1. The molecule has 2 nitrogen and oxygen atoms in total. The van der Waals surface area contributed by atoms with E-state index in [9.17, 15) is 5.11 Å². The fraction of sp³-hybridized carbons (Fsp3) is 0.684. The van der Waals surface area contributed by atoms with Crippen LogP contribution in [0, 0.1) is 10.8 Å². The Kier molecular flexibility index (Phi) is 5.11. The fourth-order valence-electron chi connectivity index (χ4n) is 3.35. The molecule has 21 heavy (non-hydrogen) atoms. The Hall–Kier alpha value is -0.860. The first-order valence-electron chi connectivity index (χ1n) is 8.32. The molecule has 0 spiro atoms. The molecule has 2 heteroatoms. The number of benzene rings is 1. The monoisotopic (exact) mass is 289 g/mol. The third-order valence-corrected chi connectivity index (χ3v) is 5.40. The van der Waals surface area contributed by atoms with Gasteiger partial charge < -0.3 is 10.0 Å². The summed E-state index contributed by atoms with van der Waals surface area (Å²) < 4.78 is 0. The molecule has 1 aromatic carbocycles. The summed E-state index contributed by atoms with van der Waals surface area (Å²) >= 11 is 0. The summed E-state index contributed by atoms with van der Waals surface area (Å²) in [7, 11) is 0. The Balaban J connectivity index is 1.95. The van der Waals surface area contributed by atoms with Gasteiger partial charge in [-0.2, -0.15) is 0 Å². The van der Waals surface area contributed by atoms with E-state index >= 15 is 0 Å². The van der Waals surface area contributed by atoms with Gasteiger partial charge in [-0.1, -0.05) is 64.4 Å². The van der Waals surface area contributed by atoms with Crippen molar-refractivity contribution in [3.63, 3.8) is 0 Å². The lowest BCUT2D eigenvalue weighted by molar-refractivity contribution is 0.00344. The lowest BCUT2D eigenvalue weighted by Crippen LogP contribution is -2.44. The molecule has 2 rings (SSSR count). The first kappa shape index (κ1) is 16.5. The number of nitrogens with zero attached hydrogens (tertiary/aromatic N) is 1. The molecular weight excluding hydrogens is 258 g/mol. The van der Waals surface area contributed by atoms with Gasteiger partial charge in [-0.15, -0.1) is 0 Å². The fourth-order valence-corrected chi connectivity index (χ4v) is 3.35. The molecule has 0 aliphatic carbocycles. The van der Waals surface area contributed by atoms with Crippen molar-refractivity contribution in [1.82, 2.24) is 4.90 Å². The number of rotatable bonds is 5. The Bertz CT molecular complexity index is 432. The molecule has 1 fully saturated rings. The molecule has 0 amide bonds. The van der Waals surface area contributed by atoms with E-state index in [4.69, 9.17) is 0 Å². The van der Waals surface area contributed by atoms with Crippen LogP contribution < -0.4 is 0 Å². The van der Waals surface area contributed by atoms with E-state index in [2.05, 4.69) is 32.6 Å². The zero-order valence-electron chi connectivity index (χ0n) is 14.1. The molecule has 1 unspecified atom stereocenters. The summed E-state index contributed by atoms with van der Waals surface area (Å²) in [5.74, 6) is 0. The van der Waals surface area contributed by atoms with Crippen molar-refractivity contribution in [3.8, 4) is 0 Å². The summed E-state index contributed by atoms with van der Waals surface area (Å²) in [6.45, 7) is 12.4. The number of piperidine rings is 1. The summed E-state index contributed by atoms with van der Waals surface area (Å²) in [4.78, 5) is 2.53. The third-order valence-electron chi connectivity index (χ3n) is 5.40. The minimum absolute atomic E-state index is 0.124. The van der Waals surface area contributed by atoms with Crippen molar-refractivity contribution < 1.29 is 5.11 Å². The lowest BCUT2D eigenvalue weighted by Gasteiger charge is -2.43. The Labute approximate surface area is 130 Å². The largest absolute Gasteiger partial charge is 0.388 e. The first-order valence-corrected chi connectivity index (χ1v) is 8.32. The van der Waals surface area contributed by atoms with Crippen molar-refractivity contribution in [3.05, 3.63) is 35.9 Å². The standard InChI is InChI=1S/C19H31NO/c1-5-19(4)11-13-20(14-12-19)15-18(2,3)17(21)16-9-7-6-8-10-16/h6-10,17,21H,5,11-15H2,1-4H3. The van der Waals surface area contributed by atoms with Crippen LogP contribution in [0.4, 0.5) is 0 Å². The van der Waals surface area contributed by atoms with Gasteiger partial charge in [0, 0.05) is 12.0 Å². The molecule has 118 valence electrons. The van der Waals surface area contributed by atoms with E-state index in [-0.39, 0.29) is 5.41 Å². The van der Waals surface area contributed by atoms with Crippen LogP contribution in [0.5, 0.6) is 0 Å². The van der Waals surface area contributed by atoms with Gasteiger partial charge >= 0.3 is 0 Å². The highest BCUT2D eigenvalue weighted by atomic mass is 16.3. The Morgan fingerprint density at radius 2 is 1.76 bits per heavy atom. The van der Waals surface area contributed by atoms with Gasteiger partial charge in [0.15, 0.2) is 0 Å². The zero-order chi connectivity index (χ0) is 15.5. The minimum Gasteiger partial charge on any atom is -0.388 e. The van der Waals surface area contributed by atoms with Gasteiger partial charge in [-0.05, 0) is 36.9 Å². The third kappa shape index (κ3) is 4.08. The number of aliphatic hydroxyl groups is 1. The van der Waals surface area contributed by atoms with Gasteiger partial charge in [-0.3, -0.25) is 0 Å². The van der Waals surface area contributed by atoms with Crippen molar-refractivity contribution in [2.45, 2.75) is 53.1 Å². The van der Waals surface area contributed by atoms with Crippen molar-refractivity contribution in [1.29, 1.82) is 0 Å². The van der Waals surface area contributed by atoms with Gasteiger partial charge in [0.2, 0.25) is 0 Å². The number of likely N-dealkylation sites (tertiary alicyclic amines) is 1. The van der Waals surface area contributed by atoms with E-state index < -0.39 is 6.10 Å². The second kappa shape index (κ2) is 6.50. The number of hydrogen-bond acceptors (Lipinski definition) is 2. The predicted molar refractivity (Wildman–Crippen MR) is 89.3 cm³/mol. The molecule has 0 radical (unpaired) electrons. The lowest BCUT2D eigenvalue weighted by atomic mass is 9.76. The molecule has 1 aliphatic rings. The van der Waals surface area contributed by atoms with Crippen molar-refractivity contribution in [2.24, 2.45) is 10.8 Å². The highest BCUT2D eigenvalue weighted by molar-refractivity contribution is 5.19. The molecule has 1 aromatic rings. The molecule has 1 aliphatic heterocycles. The number of aliphatic hydroxyl groups excluding tert-OH is 1. The summed E-state index contributed by atoms with van der Waals surface area (Å²) in [5.41, 5.74) is 1.43. The van der Waals surface area contributed by atoms with Gasteiger partial charge in [0.25, 0.3) is 0 Å². The summed E-state index contributed by atoms with van der Waals surface area (Å²) in [5, 5.41) is 10.7. The maximum absolute atomic E-state index is 10.7. The van der Waals surface area contributed by atoms with E-state index in [1.54, 1.807) is 0 Å². The van der Waals surface area contributed by atoms with E-state index in [0.717, 1.165) is 25.2 Å². The van der Waals surface area contributed by atoms with Crippen LogP contribution in [0.3, 0.4) is 0 Å². The molecule has 1 saturated heterocycles. The minimum atomic E-state index is -0.404. The summed E-state index contributed by atoms with van der Waals surface area (Å²) in [6, 6.07) is 10.1. The molecule has 1 N–H and O–H groups in total. The molecular formula is C19H31NO. The highest BCUT2D eigenvalue weighted by Crippen LogP contribution is 2.38. The molecule has 0 bridgehead atoms. The first-order chi connectivity index (χ1) is 9.86. The smallest absolute Gasteiger partial charge is 0.0853 e. The van der Waals surface area contributed by atoms with Crippen LogP contribution in [0.2, 0.25) is 0 Å². The second-order valence-corrected chi connectivity index (χ2v) is 7.74. The molecule has 0 saturated carbocycles. The van der Waals surface area contributed by atoms with Crippen LogP contribution in [-0.2, 0) is 0 Å². The second-order valence-electron chi connectivity index (χ2n) is 7.74. The average molecular weight is 289 g/mol. The van der Waals surface area contributed by atoms with E-state index in [1.807, 2.05) is 30.3 Å². The van der Waals surface area contributed by atoms with Crippen LogP contribution in [-0.4, -0.2) is 29.6 Å². The average Bonchev–Trinajstić information content (AvgIpc) is 2.50. The SMILES string of the molecule is CCC1(C)CCN(CC(C)(C)C(O)c2ccccc2)CC1. The van der Waals surface area contributed by atoms with Crippen LogP contribution in [0.25, 0.3) is 0 Å². The normalized spacial score (nSPS) is 21.2. The van der Waals surface area contributed by atoms with Crippen LogP contribution in [0.1, 0.15) is 58.6 Å². The van der Waals surface area contributed by atoms with Gasteiger partial charge in [0.1, 0.15) is 0 Å². The predicted octanol–water partition coefficient (Wildman–Crippen LogP) is 4.26. The Morgan fingerprint density at radius 3 is 2.29 bits per heavy atom. The molecule has 1 atom stereocenters. The van der Waals surface area contributed by atoms with Crippen molar-refractivity contribution in [2.75, 3.05) is 19.6 Å². The zero-order valence-corrected chi connectivity index (χ0v) is 14.1. The van der Waals surface area contributed by atoms with Crippen LogP contribution >= 0.6 is 0 Å². The maximum Gasteiger partial charge on any atom is 0.0853 e. The topological polar surface area (TPSA) is 23.5 Å². The van der Waals surface area contributed by atoms with Crippen molar-refractivity contribution >= 4 is 0 Å². The molecule has 0 aromatic heterocycles. The van der Waals surface area contributed by atoms with E-state index in [0.29, 0.717) is 5.41 Å². The van der Waals surface area contributed by atoms with E-state index in [1.165, 1.54) is 19.3 Å². The van der Waals surface area contributed by atoms with Gasteiger partial charge in [-0.25, -0.2) is 0 Å². The highest BCUT2D eigenvalue weighted by Gasteiger charge is 2.34. The molecule has 1 heterocycles. The van der Waals surface area contributed by atoms with Crippen LogP contribution in [0.15, 0.2) is 30.3 Å². The maximum atomic E-state index is 10.7. The quantitative estimate of drug-likeness (QED) is 0.875.